The summed E-state index contributed by atoms with van der Waals surface area (Å²) in [5, 5.41) is 2.90. The number of nitrogen functional groups attached to an aromatic ring is 1. The summed E-state index contributed by atoms with van der Waals surface area (Å²) in [4.78, 5) is 7.69. The van der Waals surface area contributed by atoms with Crippen LogP contribution in [-0.2, 0) is 0 Å². The van der Waals surface area contributed by atoms with Gasteiger partial charge in [0, 0.05) is 5.69 Å². The molecule has 1 aromatic carbocycles. The number of aromatic nitrogens is 2. The van der Waals surface area contributed by atoms with E-state index < -0.39 is 0 Å². The van der Waals surface area contributed by atoms with Gasteiger partial charge in [0.15, 0.2) is 5.82 Å². The summed E-state index contributed by atoms with van der Waals surface area (Å²) in [6, 6.07) is 6.07. The molecule has 0 unspecified atom stereocenters. The van der Waals surface area contributed by atoms with Crippen molar-refractivity contribution in [3.8, 4) is 0 Å². The van der Waals surface area contributed by atoms with Crippen molar-refractivity contribution in [2.24, 2.45) is 0 Å². The van der Waals surface area contributed by atoms with Gasteiger partial charge in [0.25, 0.3) is 0 Å². The maximum Gasteiger partial charge on any atom is 0.157 e. The first-order chi connectivity index (χ1) is 7.25. The number of benzene rings is 1. The van der Waals surface area contributed by atoms with Crippen LogP contribution in [0.15, 0.2) is 36.8 Å². The van der Waals surface area contributed by atoms with Crippen molar-refractivity contribution >= 4 is 17.2 Å². The third-order valence-corrected chi connectivity index (χ3v) is 1.83. The molecule has 0 amide bonds. The van der Waals surface area contributed by atoms with Gasteiger partial charge >= 0.3 is 0 Å². The zero-order chi connectivity index (χ0) is 10.7. The highest BCUT2D eigenvalue weighted by molar-refractivity contribution is 5.67. The molecule has 15 heavy (non-hydrogen) atoms. The molecule has 0 atom stereocenters. The molecule has 0 aliphatic rings. The van der Waals surface area contributed by atoms with Gasteiger partial charge in [-0.2, -0.15) is 0 Å². The van der Waals surface area contributed by atoms with E-state index in [2.05, 4.69) is 15.3 Å². The van der Waals surface area contributed by atoms with Crippen LogP contribution in [0.3, 0.4) is 0 Å². The number of halogens is 1. The molecular weight excluding hydrogens is 195 g/mol. The van der Waals surface area contributed by atoms with Crippen molar-refractivity contribution < 1.29 is 4.39 Å². The van der Waals surface area contributed by atoms with Crippen LogP contribution in [0.5, 0.6) is 0 Å². The Morgan fingerprint density at radius 2 is 2.20 bits per heavy atom. The third-order valence-electron chi connectivity index (χ3n) is 1.83. The Bertz CT molecular complexity index is 472. The first-order valence-corrected chi connectivity index (χ1v) is 4.34. The average molecular weight is 204 g/mol. The molecule has 5 heteroatoms. The minimum Gasteiger partial charge on any atom is -0.394 e. The molecule has 1 aromatic heterocycles. The van der Waals surface area contributed by atoms with Crippen LogP contribution < -0.4 is 11.1 Å². The summed E-state index contributed by atoms with van der Waals surface area (Å²) in [5.74, 6) is 0.156. The van der Waals surface area contributed by atoms with Gasteiger partial charge in [0.05, 0.1) is 11.9 Å². The lowest BCUT2D eigenvalue weighted by Gasteiger charge is -2.06. The Hall–Kier alpha value is -2.17. The Kier molecular flexibility index (Phi) is 2.45. The summed E-state index contributed by atoms with van der Waals surface area (Å²) < 4.78 is 12.9. The Morgan fingerprint density at radius 1 is 1.33 bits per heavy atom. The second kappa shape index (κ2) is 3.91. The molecule has 2 rings (SSSR count). The number of hydrogen-bond acceptors (Lipinski definition) is 4. The molecule has 1 heterocycles. The number of nitrogens with one attached hydrogen (secondary N) is 1. The van der Waals surface area contributed by atoms with Crippen molar-refractivity contribution in [1.29, 1.82) is 0 Å². The zero-order valence-electron chi connectivity index (χ0n) is 7.81. The van der Waals surface area contributed by atoms with Crippen LogP contribution >= 0.6 is 0 Å². The van der Waals surface area contributed by atoms with E-state index >= 15 is 0 Å². The highest BCUT2D eigenvalue weighted by Gasteiger charge is 2.00. The molecule has 3 N–H and O–H groups in total. The molecule has 0 aliphatic heterocycles. The van der Waals surface area contributed by atoms with E-state index in [1.807, 2.05) is 0 Å². The summed E-state index contributed by atoms with van der Waals surface area (Å²) in [5.41, 5.74) is 6.64. The predicted octanol–water partition coefficient (Wildman–Crippen LogP) is 1.94. The summed E-state index contributed by atoms with van der Waals surface area (Å²) in [6.07, 6.45) is 2.85. The lowest BCUT2D eigenvalue weighted by Crippen LogP contribution is -1.99. The number of nitrogens with two attached hydrogens (primary N) is 1. The van der Waals surface area contributed by atoms with Gasteiger partial charge in [0.1, 0.15) is 12.1 Å². The normalized spacial score (nSPS) is 9.93. The number of nitrogens with zero attached hydrogens (tertiary/aromatic N) is 2. The van der Waals surface area contributed by atoms with Gasteiger partial charge in [-0.1, -0.05) is 6.07 Å². The standard InChI is InChI=1S/C10H9FN4/c11-7-2-1-3-8(4-7)15-10-9(12)5-13-6-14-10/h1-6H,12H2,(H,13,14,15). The van der Waals surface area contributed by atoms with Gasteiger partial charge in [0.2, 0.25) is 0 Å². The van der Waals surface area contributed by atoms with E-state index in [0.717, 1.165) is 0 Å². The highest BCUT2D eigenvalue weighted by Crippen LogP contribution is 2.19. The van der Waals surface area contributed by atoms with Crippen LogP contribution in [0, 0.1) is 5.82 Å². The Morgan fingerprint density at radius 3 is 2.93 bits per heavy atom. The second-order valence-electron chi connectivity index (χ2n) is 2.96. The number of hydrogen-bond donors (Lipinski definition) is 2. The number of rotatable bonds is 2. The molecule has 2 aromatic rings. The maximum absolute atomic E-state index is 12.9. The van der Waals surface area contributed by atoms with E-state index in [1.54, 1.807) is 12.1 Å². The van der Waals surface area contributed by atoms with Crippen molar-refractivity contribution in [3.05, 3.63) is 42.6 Å². The molecule has 0 aliphatic carbocycles. The first kappa shape index (κ1) is 9.39. The lowest BCUT2D eigenvalue weighted by molar-refractivity contribution is 0.628. The van der Waals surface area contributed by atoms with Crippen LogP contribution in [0.2, 0.25) is 0 Å². The van der Waals surface area contributed by atoms with E-state index in [9.17, 15) is 4.39 Å². The molecule has 4 nitrogen and oxygen atoms in total. The van der Waals surface area contributed by atoms with Crippen molar-refractivity contribution in [2.45, 2.75) is 0 Å². The fourth-order valence-electron chi connectivity index (χ4n) is 1.15. The van der Waals surface area contributed by atoms with Crippen LogP contribution in [0.1, 0.15) is 0 Å². The Balaban J connectivity index is 2.26. The van der Waals surface area contributed by atoms with E-state index in [0.29, 0.717) is 17.2 Å². The van der Waals surface area contributed by atoms with Gasteiger partial charge < -0.3 is 11.1 Å². The molecule has 0 saturated carbocycles. The van der Waals surface area contributed by atoms with Crippen LogP contribution in [0.25, 0.3) is 0 Å². The topological polar surface area (TPSA) is 63.8 Å². The number of anilines is 3. The third kappa shape index (κ3) is 2.19. The van der Waals surface area contributed by atoms with Crippen LogP contribution in [0.4, 0.5) is 21.6 Å². The predicted molar refractivity (Wildman–Crippen MR) is 56.1 cm³/mol. The molecule has 0 fully saturated rings. The summed E-state index contributed by atoms with van der Waals surface area (Å²) >= 11 is 0. The minimum absolute atomic E-state index is 0.312. The highest BCUT2D eigenvalue weighted by atomic mass is 19.1. The van der Waals surface area contributed by atoms with Crippen molar-refractivity contribution in [1.82, 2.24) is 9.97 Å². The fraction of sp³-hybridized carbons (Fsp3) is 0. The maximum atomic E-state index is 12.9. The van der Waals surface area contributed by atoms with Crippen molar-refractivity contribution in [2.75, 3.05) is 11.1 Å². The molecular formula is C10H9FN4. The van der Waals surface area contributed by atoms with Gasteiger partial charge in [-0.15, -0.1) is 0 Å². The van der Waals surface area contributed by atoms with E-state index in [1.165, 1.54) is 24.7 Å². The van der Waals surface area contributed by atoms with E-state index in [4.69, 9.17) is 5.73 Å². The largest absolute Gasteiger partial charge is 0.394 e. The van der Waals surface area contributed by atoms with Crippen molar-refractivity contribution in [3.63, 3.8) is 0 Å². The SMILES string of the molecule is Nc1cncnc1Nc1cccc(F)c1. The molecule has 0 radical (unpaired) electrons. The van der Waals surface area contributed by atoms with Gasteiger partial charge in [-0.25, -0.2) is 14.4 Å². The minimum atomic E-state index is -0.312. The quantitative estimate of drug-likeness (QED) is 0.784. The monoisotopic (exact) mass is 204 g/mol. The van der Waals surface area contributed by atoms with Gasteiger partial charge in [-0.05, 0) is 18.2 Å². The summed E-state index contributed by atoms with van der Waals surface area (Å²) in [7, 11) is 0. The van der Waals surface area contributed by atoms with Gasteiger partial charge in [-0.3, -0.25) is 0 Å². The molecule has 0 saturated heterocycles. The summed E-state index contributed by atoms with van der Waals surface area (Å²) in [6.45, 7) is 0. The average Bonchev–Trinajstić information content (AvgIpc) is 2.22. The smallest absolute Gasteiger partial charge is 0.157 e. The molecule has 0 spiro atoms. The van der Waals surface area contributed by atoms with E-state index in [-0.39, 0.29) is 5.82 Å². The van der Waals surface area contributed by atoms with Crippen LogP contribution in [-0.4, -0.2) is 9.97 Å². The zero-order valence-corrected chi connectivity index (χ0v) is 7.81. The Labute approximate surface area is 86.0 Å². The lowest BCUT2D eigenvalue weighted by atomic mass is 10.3. The second-order valence-corrected chi connectivity index (χ2v) is 2.96. The first-order valence-electron chi connectivity index (χ1n) is 4.34. The molecule has 0 bridgehead atoms. The molecule has 76 valence electrons. The fourth-order valence-corrected chi connectivity index (χ4v) is 1.15.